The van der Waals surface area contributed by atoms with Crippen LogP contribution >= 0.6 is 0 Å². The van der Waals surface area contributed by atoms with Crippen LogP contribution in [0.5, 0.6) is 0 Å². The Hall–Kier alpha value is -1.13. The first-order valence-corrected chi connectivity index (χ1v) is 6.23. The predicted molar refractivity (Wildman–Crippen MR) is 68.8 cm³/mol. The third-order valence-corrected chi connectivity index (χ3v) is 3.40. The van der Waals surface area contributed by atoms with Crippen LogP contribution in [0, 0.1) is 0 Å². The minimum atomic E-state index is 0.459. The first-order chi connectivity index (χ1) is 8.28. The maximum atomic E-state index is 5.61. The molecule has 1 saturated heterocycles. The highest BCUT2D eigenvalue weighted by Gasteiger charge is 2.18. The maximum Gasteiger partial charge on any atom is 0.0595 e. The number of anilines is 1. The van der Waals surface area contributed by atoms with E-state index >= 15 is 0 Å². The lowest BCUT2D eigenvalue weighted by Crippen LogP contribution is -2.37. The summed E-state index contributed by atoms with van der Waals surface area (Å²) in [6.45, 7) is 3.34. The summed E-state index contributed by atoms with van der Waals surface area (Å²) >= 11 is 0. The number of nitrogens with zero attached hydrogens (tertiary/aromatic N) is 2. The number of methoxy groups -OCH3 is 1. The third kappa shape index (κ3) is 3.68. The minimum absolute atomic E-state index is 0.459. The average Bonchev–Trinajstić information content (AvgIpc) is 2.39. The number of pyridine rings is 1. The molecule has 1 aliphatic heterocycles. The Bertz CT molecular complexity index is 331. The number of nitrogen functional groups attached to an aromatic ring is 1. The van der Waals surface area contributed by atoms with Gasteiger partial charge in [0.05, 0.1) is 18.0 Å². The van der Waals surface area contributed by atoms with Gasteiger partial charge >= 0.3 is 0 Å². The lowest BCUT2D eigenvalue weighted by Gasteiger charge is -2.30. The van der Waals surface area contributed by atoms with Crippen LogP contribution in [0.2, 0.25) is 0 Å². The van der Waals surface area contributed by atoms with Crippen LogP contribution in [0.25, 0.3) is 0 Å². The summed E-state index contributed by atoms with van der Waals surface area (Å²) in [4.78, 5) is 6.80. The van der Waals surface area contributed by atoms with Gasteiger partial charge in [-0.1, -0.05) is 0 Å². The van der Waals surface area contributed by atoms with E-state index in [9.17, 15) is 0 Å². The van der Waals surface area contributed by atoms with Crippen LogP contribution in [0.15, 0.2) is 18.3 Å². The molecule has 0 atom stereocenters. The first-order valence-electron chi connectivity index (χ1n) is 6.23. The highest BCUT2D eigenvalue weighted by Crippen LogP contribution is 2.13. The molecule has 2 heterocycles. The Kier molecular flexibility index (Phi) is 4.34. The second-order valence-corrected chi connectivity index (χ2v) is 4.61. The van der Waals surface area contributed by atoms with Crippen molar-refractivity contribution in [1.29, 1.82) is 0 Å². The standard InChI is InChI=1S/C13H21N3O/c1-17-13-5-8-16(9-6-13)7-4-12-3-2-11(14)10-15-12/h2-3,10,13H,4-9,14H2,1H3. The van der Waals surface area contributed by atoms with Crippen LogP contribution in [0.1, 0.15) is 18.5 Å². The van der Waals surface area contributed by atoms with Gasteiger partial charge in [0.25, 0.3) is 0 Å². The SMILES string of the molecule is COC1CCN(CCc2ccc(N)cn2)CC1. The number of rotatable bonds is 4. The Balaban J connectivity index is 1.74. The summed E-state index contributed by atoms with van der Waals surface area (Å²) < 4.78 is 5.36. The molecule has 0 bridgehead atoms. The summed E-state index contributed by atoms with van der Waals surface area (Å²) in [7, 11) is 1.80. The molecule has 4 nitrogen and oxygen atoms in total. The van der Waals surface area contributed by atoms with Gasteiger partial charge in [-0.05, 0) is 25.0 Å². The summed E-state index contributed by atoms with van der Waals surface area (Å²) in [6, 6.07) is 3.93. The molecule has 4 heteroatoms. The summed E-state index contributed by atoms with van der Waals surface area (Å²) in [5, 5.41) is 0. The fraction of sp³-hybridized carbons (Fsp3) is 0.615. The highest BCUT2D eigenvalue weighted by molar-refractivity contribution is 5.34. The molecule has 0 spiro atoms. The molecule has 1 aliphatic rings. The maximum absolute atomic E-state index is 5.61. The second kappa shape index (κ2) is 5.98. The fourth-order valence-electron chi connectivity index (χ4n) is 2.23. The molecule has 1 aromatic heterocycles. The van der Waals surface area contributed by atoms with Gasteiger partial charge in [-0.15, -0.1) is 0 Å². The molecular formula is C13H21N3O. The summed E-state index contributed by atoms with van der Waals surface area (Å²) in [5.41, 5.74) is 7.46. The Labute approximate surface area is 103 Å². The second-order valence-electron chi connectivity index (χ2n) is 4.61. The molecule has 0 amide bonds. The third-order valence-electron chi connectivity index (χ3n) is 3.40. The average molecular weight is 235 g/mol. The summed E-state index contributed by atoms with van der Waals surface area (Å²) in [5.74, 6) is 0. The molecule has 1 fully saturated rings. The number of piperidine rings is 1. The molecule has 0 aromatic carbocycles. The zero-order valence-corrected chi connectivity index (χ0v) is 10.4. The van der Waals surface area contributed by atoms with E-state index in [1.807, 2.05) is 12.1 Å². The number of aromatic nitrogens is 1. The monoisotopic (exact) mass is 235 g/mol. The smallest absolute Gasteiger partial charge is 0.0595 e. The molecule has 0 unspecified atom stereocenters. The van der Waals surface area contributed by atoms with Crippen molar-refractivity contribution in [3.05, 3.63) is 24.0 Å². The Morgan fingerprint density at radius 1 is 1.41 bits per heavy atom. The van der Waals surface area contributed by atoms with Crippen LogP contribution in [0.4, 0.5) is 5.69 Å². The van der Waals surface area contributed by atoms with Crippen molar-refractivity contribution in [2.75, 3.05) is 32.5 Å². The highest BCUT2D eigenvalue weighted by atomic mass is 16.5. The van der Waals surface area contributed by atoms with Gasteiger partial charge in [0.15, 0.2) is 0 Å². The van der Waals surface area contributed by atoms with E-state index in [1.54, 1.807) is 13.3 Å². The van der Waals surface area contributed by atoms with Crippen LogP contribution in [-0.2, 0) is 11.2 Å². The number of hydrogen-bond acceptors (Lipinski definition) is 4. The quantitative estimate of drug-likeness (QED) is 0.855. The van der Waals surface area contributed by atoms with Crippen molar-refractivity contribution in [2.45, 2.75) is 25.4 Å². The van der Waals surface area contributed by atoms with E-state index < -0.39 is 0 Å². The lowest BCUT2D eigenvalue weighted by atomic mass is 10.1. The summed E-state index contributed by atoms with van der Waals surface area (Å²) in [6.07, 6.45) is 5.47. The normalized spacial score (nSPS) is 18.4. The Morgan fingerprint density at radius 3 is 2.76 bits per heavy atom. The van der Waals surface area contributed by atoms with Gasteiger partial charge in [0.2, 0.25) is 0 Å². The fourth-order valence-corrected chi connectivity index (χ4v) is 2.23. The number of likely N-dealkylation sites (tertiary alicyclic amines) is 1. The zero-order chi connectivity index (χ0) is 12.1. The van der Waals surface area contributed by atoms with Crippen LogP contribution in [0.3, 0.4) is 0 Å². The molecule has 2 N–H and O–H groups in total. The molecule has 2 rings (SSSR count). The van der Waals surface area contributed by atoms with E-state index in [2.05, 4.69) is 9.88 Å². The lowest BCUT2D eigenvalue weighted by molar-refractivity contribution is 0.0414. The molecule has 17 heavy (non-hydrogen) atoms. The minimum Gasteiger partial charge on any atom is -0.397 e. The van der Waals surface area contributed by atoms with Gasteiger partial charge in [-0.3, -0.25) is 4.98 Å². The van der Waals surface area contributed by atoms with Crippen molar-refractivity contribution >= 4 is 5.69 Å². The van der Waals surface area contributed by atoms with Gasteiger partial charge in [-0.25, -0.2) is 0 Å². The van der Waals surface area contributed by atoms with Gasteiger partial charge in [-0.2, -0.15) is 0 Å². The Morgan fingerprint density at radius 2 is 2.18 bits per heavy atom. The van der Waals surface area contributed by atoms with Gasteiger partial charge < -0.3 is 15.4 Å². The zero-order valence-electron chi connectivity index (χ0n) is 10.4. The van der Waals surface area contributed by atoms with Crippen LogP contribution in [-0.4, -0.2) is 42.7 Å². The van der Waals surface area contributed by atoms with Gasteiger partial charge in [0, 0.05) is 38.9 Å². The number of ether oxygens (including phenoxy) is 1. The van der Waals surface area contributed by atoms with E-state index in [4.69, 9.17) is 10.5 Å². The molecule has 1 aromatic rings. The molecule has 0 radical (unpaired) electrons. The van der Waals surface area contributed by atoms with Gasteiger partial charge in [0.1, 0.15) is 0 Å². The van der Waals surface area contributed by atoms with Crippen LogP contribution < -0.4 is 5.73 Å². The van der Waals surface area contributed by atoms with Crippen molar-refractivity contribution in [1.82, 2.24) is 9.88 Å². The van der Waals surface area contributed by atoms with E-state index in [0.717, 1.165) is 50.3 Å². The number of hydrogen-bond donors (Lipinski definition) is 1. The van der Waals surface area contributed by atoms with E-state index in [0.29, 0.717) is 6.10 Å². The molecule has 0 aliphatic carbocycles. The first kappa shape index (κ1) is 12.3. The van der Waals surface area contributed by atoms with Crippen molar-refractivity contribution in [3.8, 4) is 0 Å². The van der Waals surface area contributed by atoms with Crippen molar-refractivity contribution < 1.29 is 4.74 Å². The van der Waals surface area contributed by atoms with Crippen molar-refractivity contribution in [2.24, 2.45) is 0 Å². The predicted octanol–water partition coefficient (Wildman–Crippen LogP) is 1.32. The number of nitrogens with two attached hydrogens (primary N) is 1. The molecule has 0 saturated carbocycles. The van der Waals surface area contributed by atoms with E-state index in [-0.39, 0.29) is 0 Å². The van der Waals surface area contributed by atoms with E-state index in [1.165, 1.54) is 0 Å². The topological polar surface area (TPSA) is 51.4 Å². The largest absolute Gasteiger partial charge is 0.397 e. The molecule has 94 valence electrons. The molecular weight excluding hydrogens is 214 g/mol. The van der Waals surface area contributed by atoms with Crippen molar-refractivity contribution in [3.63, 3.8) is 0 Å².